The molecule has 0 N–H and O–H groups in total. The molecule has 3 aromatic carbocycles. The van der Waals surface area contributed by atoms with Crippen LogP contribution in [0.25, 0.3) is 22.3 Å². The second kappa shape index (κ2) is 11.3. The molecule has 5 nitrogen and oxygen atoms in total. The van der Waals surface area contributed by atoms with Gasteiger partial charge in [-0.25, -0.2) is 14.8 Å². The molecule has 1 aliphatic heterocycles. The van der Waals surface area contributed by atoms with E-state index in [2.05, 4.69) is 29.2 Å². The molecule has 0 spiro atoms. The van der Waals surface area contributed by atoms with Gasteiger partial charge in [-0.15, -0.1) is 0 Å². The first kappa shape index (κ1) is 24.7. The van der Waals surface area contributed by atoms with Gasteiger partial charge in [-0.1, -0.05) is 67.9 Å². The maximum atomic E-state index is 12.0. The van der Waals surface area contributed by atoms with E-state index >= 15 is 0 Å². The number of halogens is 1. The molecule has 0 unspecified atom stereocenters. The summed E-state index contributed by atoms with van der Waals surface area (Å²) >= 11 is 6.06. The van der Waals surface area contributed by atoms with Crippen molar-refractivity contribution in [1.29, 1.82) is 0 Å². The van der Waals surface area contributed by atoms with Gasteiger partial charge in [0.2, 0.25) is 0 Å². The van der Waals surface area contributed by atoms with Crippen LogP contribution in [0.4, 0.5) is 5.82 Å². The average Bonchev–Trinajstić information content (AvgIpc) is 2.93. The van der Waals surface area contributed by atoms with Crippen LogP contribution in [0.2, 0.25) is 5.02 Å². The van der Waals surface area contributed by atoms with Gasteiger partial charge in [0.15, 0.2) is 5.82 Å². The smallest absolute Gasteiger partial charge is 0.337 e. The van der Waals surface area contributed by atoms with Gasteiger partial charge < -0.3 is 9.64 Å². The van der Waals surface area contributed by atoms with Crippen molar-refractivity contribution in [3.63, 3.8) is 0 Å². The molecule has 1 aliphatic rings. The van der Waals surface area contributed by atoms with Gasteiger partial charge in [-0.05, 0) is 54.7 Å². The largest absolute Gasteiger partial charge is 0.465 e. The molecule has 180 valence electrons. The summed E-state index contributed by atoms with van der Waals surface area (Å²) in [5, 5.41) is 0.765. The molecule has 1 aromatic heterocycles. The average molecular weight is 488 g/mol. The fourth-order valence-corrected chi connectivity index (χ4v) is 4.59. The lowest BCUT2D eigenvalue weighted by Gasteiger charge is -2.34. The van der Waals surface area contributed by atoms with Crippen LogP contribution >= 0.6 is 11.6 Å². The number of esters is 1. The van der Waals surface area contributed by atoms with E-state index in [0.29, 0.717) is 17.0 Å². The van der Waals surface area contributed by atoms with Gasteiger partial charge in [0, 0.05) is 23.7 Å². The Bertz CT molecular complexity index is 1280. The second-order valence-electron chi connectivity index (χ2n) is 8.27. The third-order valence-corrected chi connectivity index (χ3v) is 6.50. The van der Waals surface area contributed by atoms with Crippen molar-refractivity contribution in [2.75, 3.05) is 25.1 Å². The summed E-state index contributed by atoms with van der Waals surface area (Å²) < 4.78 is 4.88. The molecule has 0 bridgehead atoms. The van der Waals surface area contributed by atoms with Gasteiger partial charge in [-0.2, -0.15) is 0 Å². The van der Waals surface area contributed by atoms with Crippen molar-refractivity contribution in [3.05, 3.63) is 88.9 Å². The monoisotopic (exact) mass is 487 g/mol. The van der Waals surface area contributed by atoms with E-state index in [1.165, 1.54) is 12.7 Å². The minimum Gasteiger partial charge on any atom is -0.465 e. The molecule has 0 radical (unpaired) electrons. The molecule has 0 amide bonds. The van der Waals surface area contributed by atoms with E-state index in [0.717, 1.165) is 53.5 Å². The summed E-state index contributed by atoms with van der Waals surface area (Å²) in [4.78, 5) is 24.3. The van der Waals surface area contributed by atoms with Crippen molar-refractivity contribution < 1.29 is 9.53 Å². The minimum atomic E-state index is -0.379. The topological polar surface area (TPSA) is 55.3 Å². The Morgan fingerprint density at radius 1 is 0.914 bits per heavy atom. The molecule has 0 saturated carbocycles. The zero-order valence-electron chi connectivity index (χ0n) is 20.4. The lowest BCUT2D eigenvalue weighted by Crippen LogP contribution is -2.34. The quantitative estimate of drug-likeness (QED) is 0.286. The standard InChI is InChI=1S/C27H24ClN3O2.C2H6/c1-33-27(32)21-9-12-23-24(17-21)30-26(25(29-23)20-5-3-2-4-6-20)31-15-13-19(14-16-31)18-7-10-22(28)11-8-18;1-2/h2-12,17,19H,13-16H2,1H3;1-2H3. The van der Waals surface area contributed by atoms with Crippen molar-refractivity contribution in [1.82, 2.24) is 9.97 Å². The number of carbonyl (C=O) groups excluding carboxylic acids is 1. The number of hydrogen-bond acceptors (Lipinski definition) is 5. The highest BCUT2D eigenvalue weighted by Gasteiger charge is 2.25. The SMILES string of the molecule is CC.COC(=O)c1ccc2nc(-c3ccccc3)c(N3CCC(c4ccc(Cl)cc4)CC3)nc2c1. The molecule has 6 heteroatoms. The first-order valence-electron chi connectivity index (χ1n) is 12.1. The normalized spacial score (nSPS) is 13.8. The molecule has 5 rings (SSSR count). The number of carbonyl (C=O) groups is 1. The van der Waals surface area contributed by atoms with Crippen molar-refractivity contribution in [2.24, 2.45) is 0 Å². The Kier molecular flexibility index (Phi) is 7.98. The van der Waals surface area contributed by atoms with Crippen LogP contribution in [0.5, 0.6) is 0 Å². The highest BCUT2D eigenvalue weighted by molar-refractivity contribution is 6.30. The predicted octanol–water partition coefficient (Wildman–Crippen LogP) is 7.15. The second-order valence-corrected chi connectivity index (χ2v) is 8.71. The molecule has 35 heavy (non-hydrogen) atoms. The Morgan fingerprint density at radius 2 is 1.60 bits per heavy atom. The molecule has 0 aliphatic carbocycles. The third-order valence-electron chi connectivity index (χ3n) is 6.25. The Balaban J connectivity index is 0.00000141. The Hall–Kier alpha value is -3.44. The zero-order chi connectivity index (χ0) is 24.8. The van der Waals surface area contributed by atoms with Gasteiger partial charge in [0.1, 0.15) is 5.69 Å². The zero-order valence-corrected chi connectivity index (χ0v) is 21.1. The van der Waals surface area contributed by atoms with E-state index in [1.54, 1.807) is 12.1 Å². The van der Waals surface area contributed by atoms with E-state index < -0.39 is 0 Å². The number of methoxy groups -OCH3 is 1. The maximum Gasteiger partial charge on any atom is 0.337 e. The molecule has 1 fully saturated rings. The fourth-order valence-electron chi connectivity index (χ4n) is 4.46. The number of benzene rings is 3. The first-order chi connectivity index (χ1) is 17.1. The molecular weight excluding hydrogens is 458 g/mol. The number of aromatic nitrogens is 2. The number of rotatable bonds is 4. The summed E-state index contributed by atoms with van der Waals surface area (Å²) in [7, 11) is 1.38. The van der Waals surface area contributed by atoms with Gasteiger partial charge in [-0.3, -0.25) is 0 Å². The molecule has 4 aromatic rings. The lowest BCUT2D eigenvalue weighted by atomic mass is 9.89. The van der Waals surface area contributed by atoms with Crippen LogP contribution in [0, 0.1) is 0 Å². The van der Waals surface area contributed by atoms with Gasteiger partial charge in [0.25, 0.3) is 0 Å². The minimum absolute atomic E-state index is 0.379. The van der Waals surface area contributed by atoms with Crippen molar-refractivity contribution >= 4 is 34.4 Å². The highest BCUT2D eigenvalue weighted by Crippen LogP contribution is 2.35. The van der Waals surface area contributed by atoms with Crippen molar-refractivity contribution in [2.45, 2.75) is 32.6 Å². The van der Waals surface area contributed by atoms with Crippen LogP contribution in [0.3, 0.4) is 0 Å². The number of anilines is 1. The fraction of sp³-hybridized carbons (Fsp3) is 0.276. The summed E-state index contributed by atoms with van der Waals surface area (Å²) in [6.45, 7) is 5.76. The van der Waals surface area contributed by atoms with Crippen LogP contribution in [0.15, 0.2) is 72.8 Å². The predicted molar refractivity (Wildman–Crippen MR) is 143 cm³/mol. The molecule has 0 atom stereocenters. The number of nitrogens with zero attached hydrogens (tertiary/aromatic N) is 3. The van der Waals surface area contributed by atoms with Gasteiger partial charge >= 0.3 is 5.97 Å². The maximum absolute atomic E-state index is 12.0. The summed E-state index contributed by atoms with van der Waals surface area (Å²) in [5.74, 6) is 0.972. The van der Waals surface area contributed by atoms with Crippen molar-refractivity contribution in [3.8, 4) is 11.3 Å². The summed E-state index contributed by atoms with van der Waals surface area (Å²) in [6.07, 6.45) is 2.05. The van der Waals surface area contributed by atoms with Gasteiger partial charge in [0.05, 0.1) is 23.7 Å². The van der Waals surface area contributed by atoms with E-state index in [-0.39, 0.29) is 5.97 Å². The third kappa shape index (κ3) is 5.46. The molecular formula is C29H30ClN3O2. The van der Waals surface area contributed by atoms with Crippen LogP contribution < -0.4 is 4.90 Å². The molecule has 2 heterocycles. The Morgan fingerprint density at radius 3 is 2.26 bits per heavy atom. The van der Waals surface area contributed by atoms with Crippen LogP contribution in [-0.2, 0) is 4.74 Å². The van der Waals surface area contributed by atoms with E-state index in [9.17, 15) is 4.79 Å². The Labute approximate surface area is 211 Å². The summed E-state index contributed by atoms with van der Waals surface area (Å²) in [6, 6.07) is 23.6. The lowest BCUT2D eigenvalue weighted by molar-refractivity contribution is 0.0601. The van der Waals surface area contributed by atoms with Crippen LogP contribution in [0.1, 0.15) is 48.5 Å². The molecule has 1 saturated heterocycles. The number of fused-ring (bicyclic) bond motifs is 1. The summed E-state index contributed by atoms with van der Waals surface area (Å²) in [5.41, 5.74) is 5.13. The van der Waals surface area contributed by atoms with E-state index in [4.69, 9.17) is 26.3 Å². The number of ether oxygens (including phenoxy) is 1. The number of piperidine rings is 1. The van der Waals surface area contributed by atoms with E-state index in [1.807, 2.05) is 50.2 Å². The van der Waals surface area contributed by atoms with Crippen LogP contribution in [-0.4, -0.2) is 36.1 Å². The highest BCUT2D eigenvalue weighted by atomic mass is 35.5. The first-order valence-corrected chi connectivity index (χ1v) is 12.5. The number of hydrogen-bond donors (Lipinski definition) is 0.